The summed E-state index contributed by atoms with van der Waals surface area (Å²) < 4.78 is 34.4. The normalized spacial score (nSPS) is 12.7. The molecule has 0 aliphatic rings. The molecule has 0 nitrogen and oxygen atoms in total. The summed E-state index contributed by atoms with van der Waals surface area (Å²) in [6.45, 7) is -4.78. The molecule has 0 aliphatic carbocycles. The molecule has 0 amide bonds. The van der Waals surface area contributed by atoms with Gasteiger partial charge in [-0.05, 0) is 4.48 Å². The Morgan fingerprint density at radius 1 is 1.40 bits per heavy atom. The van der Waals surface area contributed by atoms with Crippen molar-refractivity contribution < 1.29 is 64.3 Å². The van der Waals surface area contributed by atoms with Crippen LogP contribution >= 0.6 is 31.9 Å². The first-order valence-corrected chi connectivity index (χ1v) is 4.00. The third-order valence-corrected chi connectivity index (χ3v) is 2.40. The van der Waals surface area contributed by atoms with E-state index in [-0.39, 0.29) is 67.2 Å². The molecule has 0 saturated heterocycles. The standard InChI is InChI=1S/C3H3BBr2F3.K/c5-2-3(6)1-4(7,8)9;/h1H,2H2;/q-1;+1. The zero-order chi connectivity index (χ0) is 7.49. The maximum Gasteiger partial charge on any atom is 1.00 e. The van der Waals surface area contributed by atoms with Gasteiger partial charge in [0.1, 0.15) is 0 Å². The average Bonchev–Trinajstić information content (AvgIpc) is 1.62. The summed E-state index contributed by atoms with van der Waals surface area (Å²) in [6.07, 6.45) is 0. The van der Waals surface area contributed by atoms with E-state index in [9.17, 15) is 12.9 Å². The van der Waals surface area contributed by atoms with Gasteiger partial charge in [-0.1, -0.05) is 31.9 Å². The van der Waals surface area contributed by atoms with Crippen LogP contribution in [0.5, 0.6) is 0 Å². The molecular formula is C3H3BBr2F3K. The van der Waals surface area contributed by atoms with Gasteiger partial charge in [0.25, 0.3) is 0 Å². The van der Waals surface area contributed by atoms with Gasteiger partial charge in [0.05, 0.1) is 0 Å². The molecule has 0 aromatic rings. The van der Waals surface area contributed by atoms with Crippen molar-refractivity contribution in [2.45, 2.75) is 0 Å². The van der Waals surface area contributed by atoms with Crippen LogP contribution in [0.1, 0.15) is 0 Å². The molecule has 0 spiro atoms. The minimum Gasteiger partial charge on any atom is -0.445 e. The van der Waals surface area contributed by atoms with E-state index in [2.05, 4.69) is 31.9 Å². The number of rotatable bonds is 2. The molecule has 0 aromatic carbocycles. The molecule has 0 saturated carbocycles. The Bertz CT molecular complexity index is 123. The Kier molecular flexibility index (Phi) is 9.82. The second kappa shape index (κ2) is 6.68. The Morgan fingerprint density at radius 3 is 1.90 bits per heavy atom. The molecule has 0 bridgehead atoms. The molecule has 10 heavy (non-hydrogen) atoms. The molecule has 0 N–H and O–H groups in total. The number of halogens is 5. The van der Waals surface area contributed by atoms with Gasteiger partial charge in [0, 0.05) is 5.33 Å². The topological polar surface area (TPSA) is 0 Å². The van der Waals surface area contributed by atoms with E-state index in [1.165, 1.54) is 0 Å². The summed E-state index contributed by atoms with van der Waals surface area (Å²) in [4.78, 5) is 0. The van der Waals surface area contributed by atoms with Crippen molar-refractivity contribution in [2.24, 2.45) is 0 Å². The predicted molar refractivity (Wildman–Crippen MR) is 39.9 cm³/mol. The minimum absolute atomic E-state index is 0. The fourth-order valence-corrected chi connectivity index (χ4v) is 0.736. The van der Waals surface area contributed by atoms with E-state index in [0.717, 1.165) is 0 Å². The molecule has 0 aromatic heterocycles. The van der Waals surface area contributed by atoms with Gasteiger partial charge in [-0.25, -0.2) is 0 Å². The predicted octanol–water partition coefficient (Wildman–Crippen LogP) is 0.0507. The number of hydrogen-bond donors (Lipinski definition) is 0. The van der Waals surface area contributed by atoms with Crippen molar-refractivity contribution in [3.8, 4) is 0 Å². The van der Waals surface area contributed by atoms with Crippen LogP contribution in [-0.4, -0.2) is 12.3 Å². The summed E-state index contributed by atoms with van der Waals surface area (Å²) >= 11 is 5.58. The van der Waals surface area contributed by atoms with Crippen LogP contribution in [0.15, 0.2) is 10.5 Å². The smallest absolute Gasteiger partial charge is 0.445 e. The molecule has 0 aliphatic heterocycles. The van der Waals surface area contributed by atoms with E-state index >= 15 is 0 Å². The van der Waals surface area contributed by atoms with Crippen LogP contribution in [-0.2, 0) is 0 Å². The summed E-state index contributed by atoms with van der Waals surface area (Å²) in [5, 5.41) is 0.203. The average molecular weight is 306 g/mol. The molecule has 0 radical (unpaired) electrons. The van der Waals surface area contributed by atoms with E-state index < -0.39 is 6.98 Å². The zero-order valence-electron chi connectivity index (χ0n) is 5.25. The first kappa shape index (κ1) is 14.7. The monoisotopic (exact) mass is 304 g/mol. The van der Waals surface area contributed by atoms with Crippen molar-refractivity contribution in [2.75, 3.05) is 5.33 Å². The summed E-state index contributed by atoms with van der Waals surface area (Å²) in [7, 11) is 0. The third-order valence-electron chi connectivity index (χ3n) is 0.497. The Morgan fingerprint density at radius 2 is 1.80 bits per heavy atom. The number of alkyl halides is 1. The van der Waals surface area contributed by atoms with Gasteiger partial charge >= 0.3 is 58.4 Å². The van der Waals surface area contributed by atoms with E-state index in [4.69, 9.17) is 0 Å². The van der Waals surface area contributed by atoms with Crippen molar-refractivity contribution in [1.82, 2.24) is 0 Å². The van der Waals surface area contributed by atoms with Gasteiger partial charge < -0.3 is 12.9 Å². The van der Waals surface area contributed by atoms with Gasteiger partial charge in [0.15, 0.2) is 0 Å². The Labute approximate surface area is 117 Å². The van der Waals surface area contributed by atoms with Gasteiger partial charge in [0.2, 0.25) is 0 Å². The summed E-state index contributed by atoms with van der Waals surface area (Å²) in [5.74, 6) is 0.259. The van der Waals surface area contributed by atoms with Gasteiger partial charge in [-0.2, -0.15) is 0 Å². The SMILES string of the molecule is F[B-](F)(F)C=C(Br)CBr.[K+]. The molecule has 0 rings (SSSR count). The molecular weight excluding hydrogens is 303 g/mol. The first-order chi connectivity index (χ1) is 3.95. The fourth-order valence-electron chi connectivity index (χ4n) is 0.250. The maximum absolute atomic E-state index is 11.4. The van der Waals surface area contributed by atoms with Crippen LogP contribution < -0.4 is 51.4 Å². The maximum atomic E-state index is 11.4. The number of allylic oxidation sites excluding steroid dienone is 1. The summed E-state index contributed by atoms with van der Waals surface area (Å²) in [5.41, 5.74) is 0. The van der Waals surface area contributed by atoms with Crippen molar-refractivity contribution in [3.05, 3.63) is 10.5 Å². The molecule has 0 unspecified atom stereocenters. The Balaban J connectivity index is 0. The second-order valence-corrected chi connectivity index (χ2v) is 2.95. The minimum atomic E-state index is -4.78. The molecule has 0 atom stereocenters. The van der Waals surface area contributed by atoms with Crippen LogP contribution in [0.25, 0.3) is 0 Å². The second-order valence-electron chi connectivity index (χ2n) is 1.37. The van der Waals surface area contributed by atoms with Crippen molar-refractivity contribution in [3.63, 3.8) is 0 Å². The van der Waals surface area contributed by atoms with Crippen LogP contribution in [0.3, 0.4) is 0 Å². The molecule has 0 fully saturated rings. The van der Waals surface area contributed by atoms with Crippen LogP contribution in [0, 0.1) is 0 Å². The summed E-state index contributed by atoms with van der Waals surface area (Å²) in [6, 6.07) is 0. The largest absolute Gasteiger partial charge is 1.00 e. The quantitative estimate of drug-likeness (QED) is 0.500. The van der Waals surface area contributed by atoms with E-state index in [1.807, 2.05) is 0 Å². The van der Waals surface area contributed by atoms with Gasteiger partial charge in [-0.15, -0.1) is 5.98 Å². The number of hydrogen-bond acceptors (Lipinski definition) is 0. The fraction of sp³-hybridized carbons (Fsp3) is 0.333. The van der Waals surface area contributed by atoms with E-state index in [1.54, 1.807) is 0 Å². The van der Waals surface area contributed by atoms with Crippen LogP contribution in [0.4, 0.5) is 12.9 Å². The molecule has 0 heterocycles. The Hall–Kier alpha value is 2.19. The first-order valence-electron chi connectivity index (χ1n) is 2.09. The van der Waals surface area contributed by atoms with Crippen LogP contribution in [0.2, 0.25) is 0 Å². The van der Waals surface area contributed by atoms with Crippen molar-refractivity contribution in [1.29, 1.82) is 0 Å². The third kappa shape index (κ3) is 10.2. The zero-order valence-corrected chi connectivity index (χ0v) is 11.5. The van der Waals surface area contributed by atoms with Gasteiger partial charge in [-0.3, -0.25) is 0 Å². The molecule has 54 valence electrons. The van der Waals surface area contributed by atoms with Crippen molar-refractivity contribution >= 4 is 38.8 Å². The molecule has 7 heteroatoms. The van der Waals surface area contributed by atoms with E-state index in [0.29, 0.717) is 0 Å².